The number of hydrogen-bond acceptors (Lipinski definition) is 2. The zero-order valence-corrected chi connectivity index (χ0v) is 11.3. The van der Waals surface area contributed by atoms with Crippen LogP contribution in [0.15, 0.2) is 12.1 Å². The zero-order chi connectivity index (χ0) is 12.5. The van der Waals surface area contributed by atoms with E-state index >= 15 is 0 Å². The molecule has 1 atom stereocenters. The fraction of sp³-hybridized carbons (Fsp3) is 0.600. The van der Waals surface area contributed by atoms with Crippen molar-refractivity contribution in [2.24, 2.45) is 0 Å². The predicted molar refractivity (Wildman–Crippen MR) is 72.3 cm³/mol. The van der Waals surface area contributed by atoms with Crippen LogP contribution in [0.1, 0.15) is 35.7 Å². The summed E-state index contributed by atoms with van der Waals surface area (Å²) in [6, 6.07) is 4.55. The maximum atomic E-state index is 4.94. The minimum atomic E-state index is 0.677. The molecule has 0 aliphatic carbocycles. The molecule has 0 saturated carbocycles. The largest absolute Gasteiger partial charge is 0.464 e. The summed E-state index contributed by atoms with van der Waals surface area (Å²) in [5.74, 6) is 0.677. The lowest BCUT2D eigenvalue weighted by Crippen LogP contribution is -3.06. The van der Waals surface area contributed by atoms with E-state index in [1.54, 1.807) is 0 Å². The SMILES string of the molecule is [CH2-][NH+]1CCc2nc(C3CCN(C)CC3)ccc2C1. The molecule has 3 rings (SSSR count). The van der Waals surface area contributed by atoms with Gasteiger partial charge in [0.1, 0.15) is 0 Å². The molecule has 1 aromatic heterocycles. The summed E-state index contributed by atoms with van der Waals surface area (Å²) in [6.07, 6.45) is 3.61. The van der Waals surface area contributed by atoms with Crippen molar-refractivity contribution in [3.05, 3.63) is 36.1 Å². The number of piperidine rings is 1. The Bertz CT molecular complexity index is 422. The lowest BCUT2D eigenvalue weighted by atomic mass is 9.92. The van der Waals surface area contributed by atoms with E-state index in [0.717, 1.165) is 19.5 Å². The third-order valence-electron chi connectivity index (χ3n) is 4.38. The fourth-order valence-electron chi connectivity index (χ4n) is 3.11. The van der Waals surface area contributed by atoms with Crippen LogP contribution in [0.3, 0.4) is 0 Å². The number of aromatic nitrogens is 1. The van der Waals surface area contributed by atoms with Crippen LogP contribution in [0, 0.1) is 7.05 Å². The molecular weight excluding hydrogens is 222 g/mol. The highest BCUT2D eigenvalue weighted by Crippen LogP contribution is 2.27. The summed E-state index contributed by atoms with van der Waals surface area (Å²) < 4.78 is 0. The highest BCUT2D eigenvalue weighted by molar-refractivity contribution is 5.25. The molecule has 1 aromatic rings. The molecule has 3 heteroatoms. The maximum Gasteiger partial charge on any atom is 0.0806 e. The first-order chi connectivity index (χ1) is 8.72. The predicted octanol–water partition coefficient (Wildman–Crippen LogP) is 0.623. The number of fused-ring (bicyclic) bond motifs is 1. The molecular formula is C15H23N3. The third kappa shape index (κ3) is 2.43. The maximum absolute atomic E-state index is 4.94. The Morgan fingerprint density at radius 3 is 2.89 bits per heavy atom. The highest BCUT2D eigenvalue weighted by atomic mass is 15.1. The number of pyridine rings is 1. The molecule has 18 heavy (non-hydrogen) atoms. The van der Waals surface area contributed by atoms with E-state index in [2.05, 4.69) is 31.1 Å². The Morgan fingerprint density at radius 1 is 1.33 bits per heavy atom. The molecule has 98 valence electrons. The van der Waals surface area contributed by atoms with Crippen LogP contribution in [0.5, 0.6) is 0 Å². The molecule has 0 bridgehead atoms. The Morgan fingerprint density at radius 2 is 2.11 bits per heavy atom. The molecule has 3 heterocycles. The molecule has 0 spiro atoms. The Kier molecular flexibility index (Phi) is 3.35. The van der Waals surface area contributed by atoms with E-state index in [-0.39, 0.29) is 0 Å². The Balaban J connectivity index is 1.78. The lowest BCUT2D eigenvalue weighted by Gasteiger charge is -2.30. The van der Waals surface area contributed by atoms with Crippen LogP contribution < -0.4 is 4.90 Å². The first-order valence-electron chi connectivity index (χ1n) is 7.06. The first-order valence-corrected chi connectivity index (χ1v) is 7.06. The smallest absolute Gasteiger partial charge is 0.0806 e. The van der Waals surface area contributed by atoms with Crippen LogP contribution in [-0.2, 0) is 13.0 Å². The van der Waals surface area contributed by atoms with Crippen LogP contribution >= 0.6 is 0 Å². The van der Waals surface area contributed by atoms with Crippen molar-refractivity contribution in [3.63, 3.8) is 0 Å². The summed E-state index contributed by atoms with van der Waals surface area (Å²) in [6.45, 7) is 4.58. The van der Waals surface area contributed by atoms with Gasteiger partial charge in [-0.1, -0.05) is 0 Å². The van der Waals surface area contributed by atoms with Crippen LogP contribution in [0.25, 0.3) is 0 Å². The number of hydrogen-bond donors (Lipinski definition) is 1. The van der Waals surface area contributed by atoms with Crippen LogP contribution in [0.2, 0.25) is 0 Å². The molecule has 2 aliphatic rings. The minimum absolute atomic E-state index is 0.677. The molecule has 0 aromatic carbocycles. The van der Waals surface area contributed by atoms with Gasteiger partial charge in [-0.05, 0) is 45.1 Å². The van der Waals surface area contributed by atoms with Gasteiger partial charge in [0, 0.05) is 23.6 Å². The van der Waals surface area contributed by atoms with Gasteiger partial charge < -0.3 is 9.80 Å². The van der Waals surface area contributed by atoms with Crippen molar-refractivity contribution in [1.82, 2.24) is 9.88 Å². The molecule has 1 fully saturated rings. The summed E-state index contributed by atoms with van der Waals surface area (Å²) in [5, 5.41) is 0. The molecule has 1 saturated heterocycles. The average molecular weight is 245 g/mol. The second kappa shape index (κ2) is 4.98. The average Bonchev–Trinajstić information content (AvgIpc) is 2.39. The Hall–Kier alpha value is -0.930. The van der Waals surface area contributed by atoms with Crippen molar-refractivity contribution in [3.8, 4) is 0 Å². The van der Waals surface area contributed by atoms with Crippen molar-refractivity contribution in [1.29, 1.82) is 0 Å². The standard InChI is InChI=1S/C15H23N3/c1-17-8-5-12(6-9-17)14-4-3-13-11-18(2)10-7-15(13)16-14/h3-4,12,18H,2,5-11H2,1H3. The topological polar surface area (TPSA) is 20.6 Å². The minimum Gasteiger partial charge on any atom is -0.464 e. The molecule has 0 radical (unpaired) electrons. The van der Waals surface area contributed by atoms with Gasteiger partial charge in [0.15, 0.2) is 0 Å². The first kappa shape index (κ1) is 12.1. The monoisotopic (exact) mass is 245 g/mol. The normalized spacial score (nSPS) is 26.0. The van der Waals surface area contributed by atoms with Gasteiger partial charge in [-0.25, -0.2) is 0 Å². The molecule has 3 nitrogen and oxygen atoms in total. The lowest BCUT2D eigenvalue weighted by molar-refractivity contribution is -0.870. The quantitative estimate of drug-likeness (QED) is 0.732. The number of likely N-dealkylation sites (tertiary alicyclic amines) is 1. The van der Waals surface area contributed by atoms with E-state index < -0.39 is 0 Å². The zero-order valence-electron chi connectivity index (χ0n) is 11.3. The van der Waals surface area contributed by atoms with Crippen molar-refractivity contribution in [2.45, 2.75) is 31.7 Å². The van der Waals surface area contributed by atoms with Crippen LogP contribution in [-0.4, -0.2) is 36.6 Å². The second-order valence-electron chi connectivity index (χ2n) is 5.85. The summed E-state index contributed by atoms with van der Waals surface area (Å²) in [7, 11) is 6.31. The summed E-state index contributed by atoms with van der Waals surface area (Å²) in [5.41, 5.74) is 4.07. The van der Waals surface area contributed by atoms with E-state index in [1.807, 2.05) is 0 Å². The van der Waals surface area contributed by atoms with Gasteiger partial charge in [0.25, 0.3) is 0 Å². The molecule has 1 N–H and O–H groups in total. The van der Waals surface area contributed by atoms with E-state index in [4.69, 9.17) is 4.98 Å². The van der Waals surface area contributed by atoms with E-state index in [0.29, 0.717) is 5.92 Å². The summed E-state index contributed by atoms with van der Waals surface area (Å²) in [4.78, 5) is 8.71. The third-order valence-corrected chi connectivity index (χ3v) is 4.38. The van der Waals surface area contributed by atoms with Gasteiger partial charge in [0.05, 0.1) is 18.8 Å². The summed E-state index contributed by atoms with van der Waals surface area (Å²) >= 11 is 0. The van der Waals surface area contributed by atoms with Crippen molar-refractivity contribution < 1.29 is 4.90 Å². The molecule has 2 aliphatic heterocycles. The number of rotatable bonds is 1. The van der Waals surface area contributed by atoms with Crippen molar-refractivity contribution >= 4 is 0 Å². The van der Waals surface area contributed by atoms with E-state index in [1.165, 1.54) is 47.8 Å². The van der Waals surface area contributed by atoms with Gasteiger partial charge in [-0.3, -0.25) is 4.98 Å². The highest BCUT2D eigenvalue weighted by Gasteiger charge is 2.22. The number of quaternary nitrogens is 1. The van der Waals surface area contributed by atoms with E-state index in [9.17, 15) is 0 Å². The van der Waals surface area contributed by atoms with Crippen molar-refractivity contribution in [2.75, 3.05) is 26.7 Å². The number of nitrogens with zero attached hydrogens (tertiary/aromatic N) is 2. The van der Waals surface area contributed by atoms with Gasteiger partial charge >= 0.3 is 0 Å². The van der Waals surface area contributed by atoms with Crippen LogP contribution in [0.4, 0.5) is 0 Å². The molecule has 0 amide bonds. The Labute approximate surface area is 110 Å². The number of nitrogens with one attached hydrogen (secondary N) is 1. The van der Waals surface area contributed by atoms with Gasteiger partial charge in [0.2, 0.25) is 0 Å². The van der Waals surface area contributed by atoms with Gasteiger partial charge in [-0.2, -0.15) is 7.05 Å². The van der Waals surface area contributed by atoms with Gasteiger partial charge in [-0.15, -0.1) is 0 Å². The fourth-order valence-corrected chi connectivity index (χ4v) is 3.11. The second-order valence-corrected chi connectivity index (χ2v) is 5.85. The molecule has 1 unspecified atom stereocenters.